The lowest BCUT2D eigenvalue weighted by Gasteiger charge is -2.24. The highest BCUT2D eigenvalue weighted by atomic mass is 19.2. The third kappa shape index (κ3) is 10.5. The Morgan fingerprint density at radius 1 is 0.750 bits per heavy atom. The fourth-order valence-corrected chi connectivity index (χ4v) is 3.42. The second-order valence-corrected chi connectivity index (χ2v) is 8.59. The van der Waals surface area contributed by atoms with Gasteiger partial charge in [0.1, 0.15) is 12.1 Å². The maximum atomic E-state index is 14.3. The molecular formula is C22H31F5N8O5. The van der Waals surface area contributed by atoms with E-state index in [1.807, 2.05) is 0 Å². The zero-order valence-electron chi connectivity index (χ0n) is 21.1. The topological polar surface area (TPSA) is 239 Å². The summed E-state index contributed by atoms with van der Waals surface area (Å²) in [6.45, 7) is 0.181. The molecular weight excluding hydrogens is 551 g/mol. The Morgan fingerprint density at radius 3 is 1.80 bits per heavy atom. The van der Waals surface area contributed by atoms with Crippen molar-refractivity contribution in [2.75, 3.05) is 13.1 Å². The number of nitrogens with one attached hydrogen (secondary N) is 5. The molecule has 0 aliphatic carbocycles. The van der Waals surface area contributed by atoms with Crippen LogP contribution in [0.1, 0.15) is 37.7 Å². The van der Waals surface area contributed by atoms with Gasteiger partial charge in [-0.05, 0) is 32.1 Å². The largest absolute Gasteiger partial charge is 0.465 e. The van der Waals surface area contributed by atoms with E-state index in [-0.39, 0.29) is 51.2 Å². The fraction of sp³-hybridized carbons (Fsp3) is 0.500. The van der Waals surface area contributed by atoms with Crippen LogP contribution in [-0.2, 0) is 20.8 Å². The van der Waals surface area contributed by atoms with E-state index in [2.05, 4.69) is 21.3 Å². The van der Waals surface area contributed by atoms with Gasteiger partial charge in [-0.3, -0.25) is 19.8 Å². The van der Waals surface area contributed by atoms with Crippen molar-refractivity contribution in [1.29, 1.82) is 5.41 Å². The number of primary amides is 1. The van der Waals surface area contributed by atoms with Gasteiger partial charge in [0, 0.05) is 25.1 Å². The quantitative estimate of drug-likeness (QED) is 0.0304. The molecule has 1 aromatic carbocycles. The van der Waals surface area contributed by atoms with Crippen molar-refractivity contribution in [3.63, 3.8) is 0 Å². The third-order valence-electron chi connectivity index (χ3n) is 5.54. The van der Waals surface area contributed by atoms with E-state index in [0.717, 1.165) is 0 Å². The SMILES string of the molecule is N=C(N)NCCC[C@@H](N)C(=O)N[C@@H](Cc1c(F)c(F)c(F)c(F)c1F)C(=O)N[C@@H](CCCCNC(=O)O)C(N)=O. The van der Waals surface area contributed by atoms with Crippen LogP contribution in [-0.4, -0.2) is 66.1 Å². The molecule has 0 saturated carbocycles. The van der Waals surface area contributed by atoms with Gasteiger partial charge in [-0.25, -0.2) is 26.7 Å². The van der Waals surface area contributed by atoms with Crippen LogP contribution in [0.15, 0.2) is 0 Å². The van der Waals surface area contributed by atoms with Crippen LogP contribution in [0, 0.1) is 34.5 Å². The molecule has 0 heterocycles. The smallest absolute Gasteiger partial charge is 0.404 e. The molecule has 1 rings (SSSR count). The molecule has 12 N–H and O–H groups in total. The van der Waals surface area contributed by atoms with Crippen molar-refractivity contribution < 1.29 is 46.2 Å². The summed E-state index contributed by atoms with van der Waals surface area (Å²) in [6.07, 6.45) is -1.96. The first-order valence-corrected chi connectivity index (χ1v) is 11.9. The van der Waals surface area contributed by atoms with Crippen molar-refractivity contribution in [2.45, 2.75) is 56.7 Å². The lowest BCUT2D eigenvalue weighted by Crippen LogP contribution is -2.56. The number of unbranched alkanes of at least 4 members (excludes halogenated alkanes) is 1. The van der Waals surface area contributed by atoms with E-state index in [1.165, 1.54) is 0 Å². The second-order valence-electron chi connectivity index (χ2n) is 8.59. The number of carbonyl (C=O) groups is 4. The molecule has 4 amide bonds. The predicted octanol–water partition coefficient (Wildman–Crippen LogP) is -0.592. The van der Waals surface area contributed by atoms with Crippen LogP contribution >= 0.6 is 0 Å². The van der Waals surface area contributed by atoms with E-state index in [9.17, 15) is 41.1 Å². The van der Waals surface area contributed by atoms with Gasteiger partial charge in [-0.15, -0.1) is 0 Å². The lowest BCUT2D eigenvalue weighted by atomic mass is 10.0. The number of hydrogen-bond donors (Lipinski definition) is 9. The van der Waals surface area contributed by atoms with Gasteiger partial charge in [0.15, 0.2) is 29.2 Å². The first kappa shape index (κ1) is 33.8. The molecule has 224 valence electrons. The number of rotatable bonds is 16. The number of hydrogen-bond acceptors (Lipinski definition) is 6. The van der Waals surface area contributed by atoms with E-state index in [4.69, 9.17) is 27.7 Å². The highest BCUT2D eigenvalue weighted by Crippen LogP contribution is 2.24. The number of carboxylic acid groups (broad SMARTS) is 1. The van der Waals surface area contributed by atoms with Gasteiger partial charge in [0.2, 0.25) is 23.5 Å². The number of benzene rings is 1. The van der Waals surface area contributed by atoms with Crippen molar-refractivity contribution in [3.05, 3.63) is 34.6 Å². The maximum Gasteiger partial charge on any atom is 0.404 e. The van der Waals surface area contributed by atoms with Crippen molar-refractivity contribution in [3.8, 4) is 0 Å². The second kappa shape index (κ2) is 16.0. The minimum atomic E-state index is -2.42. The van der Waals surface area contributed by atoms with E-state index in [1.54, 1.807) is 0 Å². The van der Waals surface area contributed by atoms with Gasteiger partial charge in [0.05, 0.1) is 6.04 Å². The number of amides is 4. The molecule has 13 nitrogen and oxygen atoms in total. The minimum absolute atomic E-state index is 0.0166. The Kier molecular flexibility index (Phi) is 13.5. The van der Waals surface area contributed by atoms with Gasteiger partial charge in [0.25, 0.3) is 0 Å². The minimum Gasteiger partial charge on any atom is -0.465 e. The number of guanidine groups is 1. The molecule has 40 heavy (non-hydrogen) atoms. The van der Waals surface area contributed by atoms with Gasteiger partial charge < -0.3 is 43.6 Å². The molecule has 18 heteroatoms. The molecule has 0 unspecified atom stereocenters. The Morgan fingerprint density at radius 2 is 1.27 bits per heavy atom. The summed E-state index contributed by atoms with van der Waals surface area (Å²) in [7, 11) is 0. The molecule has 0 spiro atoms. The predicted molar refractivity (Wildman–Crippen MR) is 130 cm³/mol. The zero-order chi connectivity index (χ0) is 30.6. The number of halogens is 5. The Labute approximate surface area is 224 Å². The Hall–Kier alpha value is -4.22. The standard InChI is InChI=1S/C22H31F5N8O5/c23-13-9(14(24)16(26)17(27)15(13)25)8-12(35-19(37)10(28)4-3-7-32-21(30)31)20(38)34-11(18(29)36)5-1-2-6-33-22(39)40/h10-12,33H,1-8,28H2,(H2,29,36)(H,34,38)(H,35,37)(H,39,40)(H4,30,31,32)/t10-,11+,12+/m1/s1. The first-order valence-electron chi connectivity index (χ1n) is 11.9. The highest BCUT2D eigenvalue weighted by Gasteiger charge is 2.32. The summed E-state index contributed by atoms with van der Waals surface area (Å²) in [6, 6.07) is -4.65. The highest BCUT2D eigenvalue weighted by molar-refractivity contribution is 5.92. The number of nitrogens with two attached hydrogens (primary N) is 3. The average Bonchev–Trinajstić information content (AvgIpc) is 2.88. The molecule has 0 saturated heterocycles. The monoisotopic (exact) mass is 582 g/mol. The normalized spacial score (nSPS) is 13.1. The third-order valence-corrected chi connectivity index (χ3v) is 5.54. The van der Waals surface area contributed by atoms with E-state index < -0.39 is 83.0 Å². The van der Waals surface area contributed by atoms with Crippen LogP contribution in [0.3, 0.4) is 0 Å². The molecule has 0 aliphatic rings. The Balaban J connectivity index is 3.13. The van der Waals surface area contributed by atoms with Crippen molar-refractivity contribution >= 4 is 29.8 Å². The van der Waals surface area contributed by atoms with Crippen LogP contribution < -0.4 is 38.5 Å². The maximum absolute atomic E-state index is 14.3. The molecule has 0 radical (unpaired) electrons. The fourth-order valence-electron chi connectivity index (χ4n) is 3.42. The van der Waals surface area contributed by atoms with Crippen LogP contribution in [0.25, 0.3) is 0 Å². The van der Waals surface area contributed by atoms with Crippen molar-refractivity contribution in [2.24, 2.45) is 17.2 Å². The molecule has 0 aliphatic heterocycles. The summed E-state index contributed by atoms with van der Waals surface area (Å²) in [5.74, 6) is -15.0. The lowest BCUT2D eigenvalue weighted by molar-refractivity contribution is -0.131. The number of carbonyl (C=O) groups excluding carboxylic acids is 3. The summed E-state index contributed by atoms with van der Waals surface area (Å²) in [5, 5.41) is 24.5. The van der Waals surface area contributed by atoms with Gasteiger partial charge in [-0.2, -0.15) is 0 Å². The summed E-state index contributed by atoms with van der Waals surface area (Å²) in [5.41, 5.74) is 14.8. The average molecular weight is 583 g/mol. The van der Waals surface area contributed by atoms with E-state index in [0.29, 0.717) is 0 Å². The van der Waals surface area contributed by atoms with E-state index >= 15 is 0 Å². The van der Waals surface area contributed by atoms with Crippen LogP contribution in [0.2, 0.25) is 0 Å². The Bertz CT molecular complexity index is 1080. The van der Waals surface area contributed by atoms with Gasteiger partial charge in [-0.1, -0.05) is 0 Å². The molecule has 0 bridgehead atoms. The molecule has 1 aromatic rings. The van der Waals surface area contributed by atoms with Crippen molar-refractivity contribution in [1.82, 2.24) is 21.3 Å². The first-order chi connectivity index (χ1) is 18.7. The zero-order valence-corrected chi connectivity index (χ0v) is 21.1. The summed E-state index contributed by atoms with van der Waals surface area (Å²) < 4.78 is 69.6. The van der Waals surface area contributed by atoms with Crippen LogP contribution in [0.5, 0.6) is 0 Å². The summed E-state index contributed by atoms with van der Waals surface area (Å²) >= 11 is 0. The van der Waals surface area contributed by atoms with Gasteiger partial charge >= 0.3 is 6.09 Å². The van der Waals surface area contributed by atoms with Crippen LogP contribution in [0.4, 0.5) is 26.7 Å². The molecule has 0 fully saturated rings. The summed E-state index contributed by atoms with van der Waals surface area (Å²) in [4.78, 5) is 47.9. The molecule has 3 atom stereocenters. The molecule has 0 aromatic heterocycles.